The zero-order valence-electron chi connectivity index (χ0n) is 21.9. The minimum Gasteiger partial charge on any atom is -0.475 e. The van der Waals surface area contributed by atoms with Gasteiger partial charge in [-0.3, -0.25) is 4.79 Å². The highest BCUT2D eigenvalue weighted by Crippen LogP contribution is 2.29. The standard InChI is InChI=1S/C23H24N4O.2C2HF3O2/c1-2-16-13-25-14-20-7-8-21(11-22(16)20)27-23(28)19-6-5-17-9-15(12-26-24)3-4-18(17)10-19;2*3-2(4,5)1(6)7/h3-12,16,25H,2,13-14,24H2,1H3,(H,27,28);2*(H,6,7). The third-order valence-corrected chi connectivity index (χ3v) is 5.88. The number of carbonyl (C=O) groups is 3. The summed E-state index contributed by atoms with van der Waals surface area (Å²) in [5, 5.41) is 26.4. The van der Waals surface area contributed by atoms with Crippen molar-refractivity contribution in [2.45, 2.75) is 38.2 Å². The third kappa shape index (κ3) is 9.76. The molecular weight excluding hydrogens is 574 g/mol. The van der Waals surface area contributed by atoms with E-state index >= 15 is 0 Å². The van der Waals surface area contributed by atoms with E-state index in [9.17, 15) is 31.1 Å². The molecule has 6 N–H and O–H groups in total. The normalized spacial score (nSPS) is 14.6. The van der Waals surface area contributed by atoms with E-state index < -0.39 is 24.3 Å². The van der Waals surface area contributed by atoms with Crippen LogP contribution in [0.25, 0.3) is 10.8 Å². The van der Waals surface area contributed by atoms with Crippen LogP contribution in [0.2, 0.25) is 0 Å². The van der Waals surface area contributed by atoms with Gasteiger partial charge in [0.25, 0.3) is 5.91 Å². The summed E-state index contributed by atoms with van der Waals surface area (Å²) in [7, 11) is 0. The van der Waals surface area contributed by atoms with E-state index in [2.05, 4.69) is 34.8 Å². The lowest BCUT2D eigenvalue weighted by molar-refractivity contribution is -0.193. The summed E-state index contributed by atoms with van der Waals surface area (Å²) in [5.74, 6) is 0.0934. The van der Waals surface area contributed by atoms with Gasteiger partial charge in [-0.05, 0) is 70.1 Å². The largest absolute Gasteiger partial charge is 0.490 e. The molecule has 1 unspecified atom stereocenters. The minimum absolute atomic E-state index is 0.101. The molecule has 15 heteroatoms. The number of hydrazone groups is 1. The van der Waals surface area contributed by atoms with Gasteiger partial charge in [-0.25, -0.2) is 9.59 Å². The maximum Gasteiger partial charge on any atom is 0.490 e. The Labute approximate surface area is 235 Å². The molecule has 3 aromatic carbocycles. The molecule has 0 bridgehead atoms. The van der Waals surface area contributed by atoms with Crippen molar-refractivity contribution in [3.8, 4) is 0 Å². The summed E-state index contributed by atoms with van der Waals surface area (Å²) in [5.41, 5.74) is 5.07. The first-order chi connectivity index (χ1) is 19.6. The first-order valence-corrected chi connectivity index (χ1v) is 12.1. The smallest absolute Gasteiger partial charge is 0.475 e. The average Bonchev–Trinajstić information content (AvgIpc) is 2.92. The van der Waals surface area contributed by atoms with Crippen molar-refractivity contribution in [3.63, 3.8) is 0 Å². The van der Waals surface area contributed by atoms with Crippen LogP contribution in [0.3, 0.4) is 0 Å². The molecule has 1 aliphatic heterocycles. The molecule has 0 saturated carbocycles. The maximum atomic E-state index is 12.8. The molecule has 1 aliphatic rings. The monoisotopic (exact) mass is 600 g/mol. The van der Waals surface area contributed by atoms with Crippen LogP contribution in [0.1, 0.15) is 46.3 Å². The zero-order valence-corrected chi connectivity index (χ0v) is 21.9. The number of anilines is 1. The van der Waals surface area contributed by atoms with Crippen molar-refractivity contribution < 1.29 is 50.9 Å². The molecule has 0 radical (unpaired) electrons. The molecular formula is C27H26F6N4O5. The lowest BCUT2D eigenvalue weighted by atomic mass is 9.88. The Morgan fingerprint density at radius 3 is 2.07 bits per heavy atom. The predicted octanol–water partition coefficient (Wildman–Crippen LogP) is 5.25. The average molecular weight is 601 g/mol. The Morgan fingerprint density at radius 2 is 1.52 bits per heavy atom. The van der Waals surface area contributed by atoms with Crippen LogP contribution >= 0.6 is 0 Å². The van der Waals surface area contributed by atoms with E-state index in [1.807, 2.05) is 42.5 Å². The molecule has 42 heavy (non-hydrogen) atoms. The number of rotatable bonds is 4. The SMILES string of the molecule is CCC1CNCc2ccc(NC(=O)c3ccc4cc(C=NN)ccc4c3)cc21.O=C(O)C(F)(F)F.O=C(O)C(F)(F)F. The Hall–Kier alpha value is -4.66. The zero-order chi connectivity index (χ0) is 31.7. The summed E-state index contributed by atoms with van der Waals surface area (Å²) >= 11 is 0. The third-order valence-electron chi connectivity index (χ3n) is 5.88. The fraction of sp³-hybridized carbons (Fsp3) is 0.259. The highest BCUT2D eigenvalue weighted by Gasteiger charge is 2.38. The van der Waals surface area contributed by atoms with Crippen LogP contribution in [0.15, 0.2) is 59.7 Å². The molecule has 1 heterocycles. The molecule has 4 rings (SSSR count). The topological polar surface area (TPSA) is 154 Å². The van der Waals surface area contributed by atoms with Crippen LogP contribution in [-0.4, -0.2) is 53.2 Å². The lowest BCUT2D eigenvalue weighted by Crippen LogP contribution is -2.28. The van der Waals surface area contributed by atoms with Gasteiger partial charge in [0.05, 0.1) is 6.21 Å². The van der Waals surface area contributed by atoms with Gasteiger partial charge in [0, 0.05) is 24.3 Å². The number of nitrogens with two attached hydrogens (primary N) is 1. The van der Waals surface area contributed by atoms with E-state index in [4.69, 9.17) is 25.6 Å². The Bertz CT molecular complexity index is 1430. The van der Waals surface area contributed by atoms with Gasteiger partial charge in [-0.1, -0.05) is 31.2 Å². The van der Waals surface area contributed by atoms with Crippen molar-refractivity contribution in [3.05, 3.63) is 76.9 Å². The number of carboxylic acid groups (broad SMARTS) is 2. The highest BCUT2D eigenvalue weighted by atomic mass is 19.4. The predicted molar refractivity (Wildman–Crippen MR) is 142 cm³/mol. The number of benzene rings is 3. The summed E-state index contributed by atoms with van der Waals surface area (Å²) in [4.78, 5) is 30.6. The van der Waals surface area contributed by atoms with Crippen LogP contribution in [-0.2, 0) is 16.1 Å². The number of aliphatic carboxylic acids is 2. The number of amides is 1. The highest BCUT2D eigenvalue weighted by molar-refractivity contribution is 6.06. The van der Waals surface area contributed by atoms with E-state index in [1.54, 1.807) is 6.21 Å². The molecule has 0 aliphatic carbocycles. The number of nitrogens with zero attached hydrogens (tertiary/aromatic N) is 1. The molecule has 1 amide bonds. The van der Waals surface area contributed by atoms with Gasteiger partial charge < -0.3 is 26.7 Å². The maximum absolute atomic E-state index is 12.8. The van der Waals surface area contributed by atoms with Crippen LogP contribution in [0.4, 0.5) is 32.0 Å². The second kappa shape index (κ2) is 14.3. The number of alkyl halides is 6. The second-order valence-corrected chi connectivity index (χ2v) is 8.81. The van der Waals surface area contributed by atoms with Crippen LogP contribution < -0.4 is 16.5 Å². The number of fused-ring (bicyclic) bond motifs is 2. The Kier molecular flexibility index (Phi) is 11.4. The number of hydrogen-bond acceptors (Lipinski definition) is 6. The van der Waals surface area contributed by atoms with Crippen molar-refractivity contribution >= 4 is 40.5 Å². The molecule has 1 atom stereocenters. The molecule has 0 spiro atoms. The van der Waals surface area contributed by atoms with Crippen molar-refractivity contribution in [2.75, 3.05) is 11.9 Å². The summed E-state index contributed by atoms with van der Waals surface area (Å²) in [6, 6.07) is 17.8. The molecule has 3 aromatic rings. The van der Waals surface area contributed by atoms with Gasteiger partial charge in [-0.2, -0.15) is 31.4 Å². The quantitative estimate of drug-likeness (QED) is 0.119. The fourth-order valence-corrected chi connectivity index (χ4v) is 3.84. The van der Waals surface area contributed by atoms with E-state index in [1.165, 1.54) is 11.1 Å². The van der Waals surface area contributed by atoms with Crippen molar-refractivity contribution in [2.24, 2.45) is 10.9 Å². The van der Waals surface area contributed by atoms with Crippen molar-refractivity contribution in [1.29, 1.82) is 0 Å². The van der Waals surface area contributed by atoms with E-state index in [0.29, 0.717) is 11.5 Å². The number of halogens is 6. The molecule has 0 aromatic heterocycles. The van der Waals surface area contributed by atoms with Crippen LogP contribution in [0.5, 0.6) is 0 Å². The van der Waals surface area contributed by atoms with Gasteiger partial charge in [0.2, 0.25) is 0 Å². The first kappa shape index (κ1) is 33.5. The molecule has 9 nitrogen and oxygen atoms in total. The number of hydrogen-bond donors (Lipinski definition) is 5. The summed E-state index contributed by atoms with van der Waals surface area (Å²) in [6.07, 6.45) is -7.48. The number of carboxylic acids is 2. The Balaban J connectivity index is 0.000000367. The van der Waals surface area contributed by atoms with Gasteiger partial charge in [0.15, 0.2) is 0 Å². The fourth-order valence-electron chi connectivity index (χ4n) is 3.84. The first-order valence-electron chi connectivity index (χ1n) is 12.1. The minimum atomic E-state index is -5.08. The summed E-state index contributed by atoms with van der Waals surface area (Å²) < 4.78 is 63.5. The molecule has 226 valence electrons. The Morgan fingerprint density at radius 1 is 0.952 bits per heavy atom. The number of carbonyl (C=O) groups excluding carboxylic acids is 1. The van der Waals surface area contributed by atoms with Crippen LogP contribution in [0, 0.1) is 0 Å². The number of nitrogens with one attached hydrogen (secondary N) is 2. The van der Waals surface area contributed by atoms with Gasteiger partial charge in [-0.15, -0.1) is 0 Å². The van der Waals surface area contributed by atoms with Gasteiger partial charge >= 0.3 is 24.3 Å². The lowest BCUT2D eigenvalue weighted by Gasteiger charge is -2.26. The van der Waals surface area contributed by atoms with E-state index in [-0.39, 0.29) is 5.91 Å². The van der Waals surface area contributed by atoms with Crippen molar-refractivity contribution in [1.82, 2.24) is 5.32 Å². The van der Waals surface area contributed by atoms with E-state index in [0.717, 1.165) is 41.5 Å². The van der Waals surface area contributed by atoms with Gasteiger partial charge in [0.1, 0.15) is 0 Å². The molecule has 0 saturated heterocycles. The second-order valence-electron chi connectivity index (χ2n) is 8.81. The molecule has 0 fully saturated rings. The summed E-state index contributed by atoms with van der Waals surface area (Å²) in [6.45, 7) is 4.08.